The number of hydrogen-bond acceptors (Lipinski definition) is 7. The van der Waals surface area contributed by atoms with E-state index >= 15 is 0 Å². The molecular weight excluding hydrogens is 316 g/mol. The van der Waals surface area contributed by atoms with E-state index in [-0.39, 0.29) is 11.7 Å². The van der Waals surface area contributed by atoms with Crippen LogP contribution in [0.1, 0.15) is 27.7 Å². The normalized spacial score (nSPS) is 17.6. The van der Waals surface area contributed by atoms with Crippen LogP contribution in [0.25, 0.3) is 0 Å². The summed E-state index contributed by atoms with van der Waals surface area (Å²) in [6.07, 6.45) is -0.565. The van der Waals surface area contributed by atoms with Gasteiger partial charge in [0.2, 0.25) is 0 Å². The van der Waals surface area contributed by atoms with Gasteiger partial charge in [-0.05, 0) is 25.8 Å². The van der Waals surface area contributed by atoms with Crippen molar-refractivity contribution in [3.05, 3.63) is 0 Å². The lowest BCUT2D eigenvalue weighted by Gasteiger charge is -2.28. The first-order valence-electron chi connectivity index (χ1n) is 6.19. The van der Waals surface area contributed by atoms with Crippen LogP contribution < -0.4 is 0 Å². The topological polar surface area (TPSA) is 59.0 Å². The minimum Gasteiger partial charge on any atom is -0.298 e. The predicted octanol–water partition coefficient (Wildman–Crippen LogP) is 3.46. The SMILES string of the molecule is CC(C)C(=O)C(C)(C)SN(C)C(=O)ON=C1CSCS1. The van der Waals surface area contributed by atoms with Crippen LogP contribution >= 0.6 is 35.5 Å². The maximum atomic E-state index is 12.1. The Bertz CT molecular complexity index is 403. The van der Waals surface area contributed by atoms with Gasteiger partial charge in [0.15, 0.2) is 5.78 Å². The van der Waals surface area contributed by atoms with E-state index < -0.39 is 10.8 Å². The highest BCUT2D eigenvalue weighted by molar-refractivity contribution is 8.29. The van der Waals surface area contributed by atoms with Gasteiger partial charge in [0, 0.05) is 23.8 Å². The van der Waals surface area contributed by atoms with Gasteiger partial charge in [-0.15, -0.1) is 11.8 Å². The molecule has 1 aliphatic heterocycles. The zero-order valence-corrected chi connectivity index (χ0v) is 14.8. The highest BCUT2D eigenvalue weighted by Crippen LogP contribution is 2.31. The molecule has 1 aliphatic rings. The molecule has 0 aromatic heterocycles. The van der Waals surface area contributed by atoms with E-state index in [0.717, 1.165) is 27.8 Å². The lowest BCUT2D eigenvalue weighted by atomic mass is 9.98. The minimum absolute atomic E-state index is 0.0749. The highest BCUT2D eigenvalue weighted by atomic mass is 32.2. The maximum Gasteiger partial charge on any atom is 0.445 e. The fraction of sp³-hybridized carbons (Fsp3) is 0.750. The highest BCUT2D eigenvalue weighted by Gasteiger charge is 2.33. The lowest BCUT2D eigenvalue weighted by molar-refractivity contribution is -0.123. The van der Waals surface area contributed by atoms with Crippen LogP contribution in [0.15, 0.2) is 5.16 Å². The quantitative estimate of drug-likeness (QED) is 0.435. The first kappa shape index (κ1) is 17.7. The van der Waals surface area contributed by atoms with Gasteiger partial charge < -0.3 is 0 Å². The maximum absolute atomic E-state index is 12.1. The molecule has 0 radical (unpaired) electrons. The molecule has 8 heteroatoms. The zero-order chi connectivity index (χ0) is 15.3. The first-order valence-corrected chi connectivity index (χ1v) is 9.11. The Morgan fingerprint density at radius 1 is 1.45 bits per heavy atom. The Hall–Kier alpha value is -0.340. The molecule has 1 rings (SSSR count). The number of rotatable bonds is 5. The molecule has 0 saturated carbocycles. The van der Waals surface area contributed by atoms with Gasteiger partial charge in [0.05, 0.1) is 4.75 Å². The van der Waals surface area contributed by atoms with Crippen molar-refractivity contribution in [2.24, 2.45) is 11.1 Å². The number of thioether (sulfide) groups is 2. The number of oxime groups is 1. The summed E-state index contributed by atoms with van der Waals surface area (Å²) >= 11 is 4.47. The summed E-state index contributed by atoms with van der Waals surface area (Å²) in [6.45, 7) is 7.31. The Labute approximate surface area is 132 Å². The molecule has 114 valence electrons. The van der Waals surface area contributed by atoms with E-state index in [9.17, 15) is 9.59 Å². The largest absolute Gasteiger partial charge is 0.445 e. The molecule has 1 heterocycles. The Morgan fingerprint density at radius 3 is 2.60 bits per heavy atom. The number of ketones is 1. The van der Waals surface area contributed by atoms with E-state index in [4.69, 9.17) is 4.84 Å². The molecule has 0 atom stereocenters. The van der Waals surface area contributed by atoms with Gasteiger partial charge in [-0.25, -0.2) is 4.79 Å². The summed E-state index contributed by atoms with van der Waals surface area (Å²) in [5.41, 5.74) is 0. The molecule has 1 amide bonds. The third kappa shape index (κ3) is 5.21. The van der Waals surface area contributed by atoms with E-state index in [1.54, 1.807) is 44.4 Å². The third-order valence-electron chi connectivity index (χ3n) is 2.50. The van der Waals surface area contributed by atoms with E-state index in [0.29, 0.717) is 0 Å². The van der Waals surface area contributed by atoms with E-state index in [1.165, 1.54) is 4.31 Å². The van der Waals surface area contributed by atoms with Crippen LogP contribution in [-0.4, -0.2) is 43.9 Å². The summed E-state index contributed by atoms with van der Waals surface area (Å²) in [4.78, 5) is 28.8. The second kappa shape index (κ2) is 7.61. The van der Waals surface area contributed by atoms with Crippen molar-refractivity contribution in [1.82, 2.24) is 4.31 Å². The van der Waals surface area contributed by atoms with Gasteiger partial charge in [-0.3, -0.25) is 13.9 Å². The van der Waals surface area contributed by atoms with Crippen LogP contribution in [0.2, 0.25) is 0 Å². The van der Waals surface area contributed by atoms with Crippen molar-refractivity contribution < 1.29 is 14.4 Å². The Morgan fingerprint density at radius 2 is 2.10 bits per heavy atom. The molecule has 1 saturated heterocycles. The van der Waals surface area contributed by atoms with E-state index in [2.05, 4.69) is 5.16 Å². The van der Waals surface area contributed by atoms with E-state index in [1.807, 2.05) is 13.8 Å². The molecule has 0 bridgehead atoms. The molecule has 1 fully saturated rings. The summed E-state index contributed by atoms with van der Waals surface area (Å²) < 4.78 is 0.643. The lowest BCUT2D eigenvalue weighted by Crippen LogP contribution is -2.36. The fourth-order valence-corrected chi connectivity index (χ4v) is 4.83. The van der Waals surface area contributed by atoms with Gasteiger partial charge in [0.25, 0.3) is 0 Å². The summed E-state index contributed by atoms with van der Waals surface area (Å²) in [7, 11) is 1.58. The monoisotopic (exact) mass is 336 g/mol. The molecule has 0 aromatic carbocycles. The van der Waals surface area contributed by atoms with Crippen LogP contribution in [0.3, 0.4) is 0 Å². The molecule has 0 aromatic rings. The smallest absolute Gasteiger partial charge is 0.298 e. The molecule has 0 unspecified atom stereocenters. The van der Waals surface area contributed by atoms with Crippen molar-refractivity contribution in [3.8, 4) is 0 Å². The Balaban J connectivity index is 2.52. The molecule has 0 aliphatic carbocycles. The van der Waals surface area contributed by atoms with Crippen LogP contribution in [-0.2, 0) is 9.63 Å². The second-order valence-corrected chi connectivity index (χ2v) is 9.22. The van der Waals surface area contributed by atoms with Crippen LogP contribution in [0.5, 0.6) is 0 Å². The number of Topliss-reactive ketones (excluding diaryl/α,β-unsaturated/α-hetero) is 1. The number of amides is 1. The van der Waals surface area contributed by atoms with Gasteiger partial charge in [-0.1, -0.05) is 30.8 Å². The number of carbonyl (C=O) groups is 2. The third-order valence-corrected chi connectivity index (χ3v) is 5.93. The van der Waals surface area contributed by atoms with Gasteiger partial charge >= 0.3 is 6.09 Å². The van der Waals surface area contributed by atoms with Crippen molar-refractivity contribution in [1.29, 1.82) is 0 Å². The van der Waals surface area contributed by atoms with Crippen molar-refractivity contribution in [2.45, 2.75) is 32.4 Å². The first-order chi connectivity index (χ1) is 9.24. The second-order valence-electron chi connectivity index (χ2n) is 5.07. The van der Waals surface area contributed by atoms with Crippen molar-refractivity contribution in [2.75, 3.05) is 17.9 Å². The molecular formula is C12H20N2O3S3. The predicted molar refractivity (Wildman–Crippen MR) is 88.1 cm³/mol. The fourth-order valence-electron chi connectivity index (χ4n) is 1.60. The minimum atomic E-state index is -0.674. The molecule has 0 N–H and O–H groups in total. The zero-order valence-electron chi connectivity index (χ0n) is 12.3. The average Bonchev–Trinajstić information content (AvgIpc) is 2.87. The summed E-state index contributed by atoms with van der Waals surface area (Å²) in [5.74, 6) is 0.803. The number of hydrogen-bond donors (Lipinski definition) is 0. The van der Waals surface area contributed by atoms with Gasteiger partial charge in [-0.2, -0.15) is 0 Å². The molecule has 5 nitrogen and oxygen atoms in total. The van der Waals surface area contributed by atoms with Crippen LogP contribution in [0.4, 0.5) is 4.79 Å². The summed E-state index contributed by atoms with van der Waals surface area (Å²) in [6, 6.07) is 0. The van der Waals surface area contributed by atoms with Gasteiger partial charge in [0.1, 0.15) is 5.04 Å². The number of nitrogens with zero attached hydrogens (tertiary/aromatic N) is 2. The van der Waals surface area contributed by atoms with Crippen molar-refractivity contribution in [3.63, 3.8) is 0 Å². The standard InChI is InChI=1S/C12H20N2O3S3/c1-8(2)10(15)12(3,4)20-14(5)11(16)17-13-9-6-18-7-19-9/h8H,6-7H2,1-5H3. The molecule has 20 heavy (non-hydrogen) atoms. The summed E-state index contributed by atoms with van der Waals surface area (Å²) in [5, 5.41) is 5.58. The number of carbonyl (C=O) groups excluding carboxylic acids is 2. The van der Waals surface area contributed by atoms with Crippen molar-refractivity contribution >= 4 is 52.4 Å². The molecule has 0 spiro atoms. The Kier molecular flexibility index (Phi) is 6.74. The van der Waals surface area contributed by atoms with Crippen LogP contribution in [0, 0.1) is 5.92 Å². The average molecular weight is 337 g/mol.